The van der Waals surface area contributed by atoms with Crippen molar-refractivity contribution >= 4 is 11.8 Å². The minimum atomic E-state index is -0.0860. The number of carbonyl (C=O) groups is 1. The number of pyridine rings is 1. The summed E-state index contributed by atoms with van der Waals surface area (Å²) in [5, 5.41) is 0. The van der Waals surface area contributed by atoms with Crippen molar-refractivity contribution in [3.05, 3.63) is 24.4 Å². The number of esters is 1. The maximum atomic E-state index is 11.5. The van der Waals surface area contributed by atoms with Crippen molar-refractivity contribution in [2.24, 2.45) is 5.92 Å². The Morgan fingerprint density at radius 1 is 1.29 bits per heavy atom. The summed E-state index contributed by atoms with van der Waals surface area (Å²) >= 11 is 0. The lowest BCUT2D eigenvalue weighted by molar-refractivity contribution is -0.144. The molecule has 5 heteroatoms. The summed E-state index contributed by atoms with van der Waals surface area (Å²) < 4.78 is 5.26. The number of carbonyl (C=O) groups excluding carboxylic acids is 1. The van der Waals surface area contributed by atoms with Crippen molar-refractivity contribution in [2.75, 3.05) is 44.2 Å². The molecular weight excluding hydrogens is 266 g/mol. The van der Waals surface area contributed by atoms with Gasteiger partial charge in [0.15, 0.2) is 0 Å². The molecular formula is C16H25N3O2. The van der Waals surface area contributed by atoms with Crippen molar-refractivity contribution in [2.45, 2.75) is 20.3 Å². The van der Waals surface area contributed by atoms with E-state index in [1.54, 1.807) is 0 Å². The first-order valence-electron chi connectivity index (χ1n) is 7.69. The molecule has 0 spiro atoms. The highest BCUT2D eigenvalue weighted by molar-refractivity contribution is 5.69. The summed E-state index contributed by atoms with van der Waals surface area (Å²) in [6.45, 7) is 9.27. The summed E-state index contributed by atoms with van der Waals surface area (Å²) in [6, 6.07) is 6.00. The van der Waals surface area contributed by atoms with E-state index >= 15 is 0 Å². The normalized spacial score (nSPS) is 16.2. The molecule has 2 rings (SSSR count). The Labute approximate surface area is 126 Å². The minimum Gasteiger partial charge on any atom is -0.464 e. The van der Waals surface area contributed by atoms with Crippen molar-refractivity contribution in [3.8, 4) is 0 Å². The van der Waals surface area contributed by atoms with Gasteiger partial charge in [-0.15, -0.1) is 0 Å². The van der Waals surface area contributed by atoms with Crippen LogP contribution >= 0.6 is 0 Å². The average Bonchev–Trinajstić information content (AvgIpc) is 2.48. The highest BCUT2D eigenvalue weighted by atomic mass is 16.5. The molecule has 0 N–H and O–H groups in total. The highest BCUT2D eigenvalue weighted by Crippen LogP contribution is 2.12. The number of hydrogen-bond donors (Lipinski definition) is 0. The predicted octanol–water partition coefficient (Wildman–Crippen LogP) is 1.79. The molecule has 0 saturated carbocycles. The van der Waals surface area contributed by atoms with Gasteiger partial charge in [0.05, 0.1) is 0 Å². The smallest absolute Gasteiger partial charge is 0.306 e. The second-order valence-corrected chi connectivity index (χ2v) is 5.84. The van der Waals surface area contributed by atoms with E-state index in [-0.39, 0.29) is 5.97 Å². The molecule has 0 aromatic carbocycles. The number of ether oxygens (including phenoxy) is 1. The van der Waals surface area contributed by atoms with Gasteiger partial charge in [-0.05, 0) is 18.1 Å². The molecule has 5 nitrogen and oxygen atoms in total. The van der Waals surface area contributed by atoms with Crippen LogP contribution in [0.15, 0.2) is 24.4 Å². The van der Waals surface area contributed by atoms with Gasteiger partial charge in [0.25, 0.3) is 0 Å². The van der Waals surface area contributed by atoms with Gasteiger partial charge in [0.2, 0.25) is 0 Å². The first-order valence-corrected chi connectivity index (χ1v) is 7.69. The number of anilines is 1. The van der Waals surface area contributed by atoms with E-state index in [0.29, 0.717) is 18.9 Å². The third-order valence-electron chi connectivity index (χ3n) is 3.59. The highest BCUT2D eigenvalue weighted by Gasteiger charge is 2.17. The second-order valence-electron chi connectivity index (χ2n) is 5.84. The lowest BCUT2D eigenvalue weighted by Gasteiger charge is -2.35. The van der Waals surface area contributed by atoms with E-state index < -0.39 is 0 Å². The molecule has 116 valence electrons. The van der Waals surface area contributed by atoms with Crippen LogP contribution in [0.4, 0.5) is 5.82 Å². The first kappa shape index (κ1) is 15.8. The molecule has 0 radical (unpaired) electrons. The zero-order chi connectivity index (χ0) is 15.1. The van der Waals surface area contributed by atoms with Crippen LogP contribution in [0.5, 0.6) is 0 Å². The van der Waals surface area contributed by atoms with Gasteiger partial charge in [-0.25, -0.2) is 4.98 Å². The third-order valence-corrected chi connectivity index (χ3v) is 3.59. The fourth-order valence-electron chi connectivity index (χ4n) is 2.42. The van der Waals surface area contributed by atoms with Crippen LogP contribution in [0.25, 0.3) is 0 Å². The monoisotopic (exact) mass is 291 g/mol. The number of aromatic nitrogens is 1. The zero-order valence-electron chi connectivity index (χ0n) is 13.0. The standard InChI is InChI=1S/C16H25N3O2/c1-14(2)13-16(20)21-12-11-18-7-9-19(10-8-18)15-5-3-4-6-17-15/h3-6,14H,7-13H2,1-2H3. The van der Waals surface area contributed by atoms with Gasteiger partial charge in [-0.1, -0.05) is 19.9 Å². The van der Waals surface area contributed by atoms with Crippen molar-refractivity contribution in [1.29, 1.82) is 0 Å². The molecule has 0 aliphatic carbocycles. The van der Waals surface area contributed by atoms with Gasteiger partial charge in [-0.2, -0.15) is 0 Å². The number of piperazine rings is 1. The Morgan fingerprint density at radius 2 is 2.05 bits per heavy atom. The molecule has 1 aliphatic heterocycles. The molecule has 21 heavy (non-hydrogen) atoms. The van der Waals surface area contributed by atoms with E-state index in [9.17, 15) is 4.79 Å². The number of rotatable bonds is 6. The van der Waals surface area contributed by atoms with Crippen molar-refractivity contribution in [3.63, 3.8) is 0 Å². The Morgan fingerprint density at radius 3 is 2.67 bits per heavy atom. The van der Waals surface area contributed by atoms with Gasteiger partial charge < -0.3 is 9.64 Å². The van der Waals surface area contributed by atoms with Crippen LogP contribution in [-0.4, -0.2) is 55.2 Å². The van der Waals surface area contributed by atoms with Crippen LogP contribution < -0.4 is 4.90 Å². The lowest BCUT2D eigenvalue weighted by Crippen LogP contribution is -2.47. The summed E-state index contributed by atoms with van der Waals surface area (Å²) in [4.78, 5) is 20.5. The van der Waals surface area contributed by atoms with E-state index in [1.165, 1.54) is 0 Å². The molecule has 0 atom stereocenters. The quantitative estimate of drug-likeness (QED) is 0.748. The van der Waals surface area contributed by atoms with Gasteiger partial charge in [-0.3, -0.25) is 9.69 Å². The summed E-state index contributed by atoms with van der Waals surface area (Å²) in [5.74, 6) is 1.32. The Hall–Kier alpha value is -1.62. The van der Waals surface area contributed by atoms with Gasteiger partial charge in [0.1, 0.15) is 12.4 Å². The van der Waals surface area contributed by atoms with Crippen LogP contribution in [-0.2, 0) is 9.53 Å². The van der Waals surface area contributed by atoms with E-state index in [0.717, 1.165) is 38.5 Å². The molecule has 1 aromatic rings. The third kappa shape index (κ3) is 5.34. The van der Waals surface area contributed by atoms with Gasteiger partial charge >= 0.3 is 5.97 Å². The molecule has 2 heterocycles. The first-order chi connectivity index (χ1) is 10.1. The van der Waals surface area contributed by atoms with Crippen LogP contribution in [0.1, 0.15) is 20.3 Å². The summed E-state index contributed by atoms with van der Waals surface area (Å²) in [7, 11) is 0. The molecule has 1 aliphatic rings. The minimum absolute atomic E-state index is 0.0860. The topological polar surface area (TPSA) is 45.7 Å². The summed E-state index contributed by atoms with van der Waals surface area (Å²) in [5.41, 5.74) is 0. The van der Waals surface area contributed by atoms with Gasteiger partial charge in [0, 0.05) is 45.3 Å². The van der Waals surface area contributed by atoms with E-state index in [1.807, 2.05) is 38.2 Å². The second kappa shape index (κ2) is 7.98. The molecule has 0 amide bonds. The molecule has 1 fully saturated rings. The maximum Gasteiger partial charge on any atom is 0.306 e. The van der Waals surface area contributed by atoms with Crippen LogP contribution in [0.2, 0.25) is 0 Å². The molecule has 1 saturated heterocycles. The maximum absolute atomic E-state index is 11.5. The predicted molar refractivity (Wildman–Crippen MR) is 83.3 cm³/mol. The summed E-state index contributed by atoms with van der Waals surface area (Å²) in [6.07, 6.45) is 2.34. The molecule has 1 aromatic heterocycles. The number of hydrogen-bond acceptors (Lipinski definition) is 5. The fourth-order valence-corrected chi connectivity index (χ4v) is 2.42. The SMILES string of the molecule is CC(C)CC(=O)OCCN1CCN(c2ccccn2)CC1. The van der Waals surface area contributed by atoms with Crippen molar-refractivity contribution in [1.82, 2.24) is 9.88 Å². The fraction of sp³-hybridized carbons (Fsp3) is 0.625. The Balaban J connectivity index is 1.64. The Bertz CT molecular complexity index is 428. The van der Waals surface area contributed by atoms with E-state index in [4.69, 9.17) is 4.74 Å². The van der Waals surface area contributed by atoms with Crippen LogP contribution in [0.3, 0.4) is 0 Å². The molecule has 0 unspecified atom stereocenters. The Kier molecular flexibility index (Phi) is 5.99. The largest absolute Gasteiger partial charge is 0.464 e. The zero-order valence-corrected chi connectivity index (χ0v) is 13.0. The molecule has 0 bridgehead atoms. The number of nitrogens with zero attached hydrogens (tertiary/aromatic N) is 3. The average molecular weight is 291 g/mol. The van der Waals surface area contributed by atoms with Crippen LogP contribution in [0, 0.1) is 5.92 Å². The lowest BCUT2D eigenvalue weighted by atomic mass is 10.1. The van der Waals surface area contributed by atoms with Crippen molar-refractivity contribution < 1.29 is 9.53 Å². The van der Waals surface area contributed by atoms with E-state index in [2.05, 4.69) is 14.8 Å².